The SMILES string of the molecule is CCCn1c(N)c(C(=O)COC(=O)c2ccccc2I)c(=O)n(C)c1=O. The van der Waals surface area contributed by atoms with Gasteiger partial charge in [-0.15, -0.1) is 0 Å². The minimum atomic E-state index is -0.810. The minimum absolute atomic E-state index is 0.213. The number of carbonyl (C=O) groups is 2. The maximum Gasteiger partial charge on any atom is 0.339 e. The summed E-state index contributed by atoms with van der Waals surface area (Å²) in [4.78, 5) is 48.9. The highest BCUT2D eigenvalue weighted by molar-refractivity contribution is 14.1. The standard InChI is InChI=1S/C17H18IN3O5/c1-3-8-21-14(19)13(15(23)20(2)17(21)25)12(22)9-26-16(24)10-6-4-5-7-11(10)18/h4-7H,3,8-9,19H2,1-2H3. The molecule has 8 nitrogen and oxygen atoms in total. The van der Waals surface area contributed by atoms with Crippen LogP contribution in [0, 0.1) is 3.57 Å². The molecule has 0 saturated carbocycles. The van der Waals surface area contributed by atoms with E-state index in [2.05, 4.69) is 0 Å². The predicted molar refractivity (Wildman–Crippen MR) is 104 cm³/mol. The smallest absolute Gasteiger partial charge is 0.339 e. The highest BCUT2D eigenvalue weighted by Gasteiger charge is 2.23. The first-order chi connectivity index (χ1) is 12.3. The molecule has 1 aromatic carbocycles. The third-order valence-corrected chi connectivity index (χ3v) is 4.68. The Morgan fingerprint density at radius 3 is 2.50 bits per heavy atom. The van der Waals surface area contributed by atoms with Gasteiger partial charge in [0.1, 0.15) is 11.4 Å². The fraction of sp³-hybridized carbons (Fsp3) is 0.294. The summed E-state index contributed by atoms with van der Waals surface area (Å²) in [5.74, 6) is -1.65. The average Bonchev–Trinajstić information content (AvgIpc) is 2.62. The number of aromatic nitrogens is 2. The second-order valence-electron chi connectivity index (χ2n) is 5.54. The molecule has 0 aliphatic heterocycles. The van der Waals surface area contributed by atoms with Gasteiger partial charge in [-0.1, -0.05) is 19.1 Å². The van der Waals surface area contributed by atoms with Crippen LogP contribution >= 0.6 is 22.6 Å². The zero-order valence-electron chi connectivity index (χ0n) is 14.3. The molecule has 0 fully saturated rings. The number of halogens is 1. The van der Waals surface area contributed by atoms with Gasteiger partial charge < -0.3 is 10.5 Å². The van der Waals surface area contributed by atoms with Crippen molar-refractivity contribution in [2.24, 2.45) is 7.05 Å². The van der Waals surface area contributed by atoms with Crippen molar-refractivity contribution in [1.82, 2.24) is 9.13 Å². The Hall–Kier alpha value is -2.43. The predicted octanol–water partition coefficient (Wildman–Crippen LogP) is 1.18. The van der Waals surface area contributed by atoms with Crippen molar-refractivity contribution in [2.45, 2.75) is 19.9 Å². The van der Waals surface area contributed by atoms with Crippen LogP contribution in [0.25, 0.3) is 0 Å². The lowest BCUT2D eigenvalue weighted by Gasteiger charge is -2.14. The quantitative estimate of drug-likeness (QED) is 0.385. The molecule has 0 amide bonds. The highest BCUT2D eigenvalue weighted by Crippen LogP contribution is 2.13. The van der Waals surface area contributed by atoms with Crippen molar-refractivity contribution in [3.8, 4) is 0 Å². The van der Waals surface area contributed by atoms with Crippen LogP contribution in [0.4, 0.5) is 5.82 Å². The number of hydrogen-bond donors (Lipinski definition) is 1. The van der Waals surface area contributed by atoms with E-state index >= 15 is 0 Å². The normalized spacial score (nSPS) is 10.6. The van der Waals surface area contributed by atoms with Crippen LogP contribution in [0.3, 0.4) is 0 Å². The maximum absolute atomic E-state index is 12.4. The summed E-state index contributed by atoms with van der Waals surface area (Å²) in [6, 6.07) is 6.75. The third kappa shape index (κ3) is 3.87. The number of benzene rings is 1. The molecule has 0 unspecified atom stereocenters. The first-order valence-electron chi connectivity index (χ1n) is 7.83. The number of anilines is 1. The van der Waals surface area contributed by atoms with Gasteiger partial charge in [0.05, 0.1) is 5.56 Å². The molecule has 1 aromatic heterocycles. The second kappa shape index (κ2) is 8.30. The lowest BCUT2D eigenvalue weighted by atomic mass is 10.2. The van der Waals surface area contributed by atoms with Crippen molar-refractivity contribution >= 4 is 40.2 Å². The number of nitrogens with zero attached hydrogens (tertiary/aromatic N) is 2. The van der Waals surface area contributed by atoms with Gasteiger partial charge in [0, 0.05) is 17.2 Å². The van der Waals surface area contributed by atoms with Gasteiger partial charge in [-0.25, -0.2) is 9.59 Å². The van der Waals surface area contributed by atoms with Crippen LogP contribution in [0.15, 0.2) is 33.9 Å². The largest absolute Gasteiger partial charge is 0.454 e. The number of nitrogens with two attached hydrogens (primary N) is 1. The lowest BCUT2D eigenvalue weighted by molar-refractivity contribution is 0.0473. The van der Waals surface area contributed by atoms with Crippen molar-refractivity contribution in [3.05, 3.63) is 59.8 Å². The number of rotatable bonds is 6. The van der Waals surface area contributed by atoms with Crippen molar-refractivity contribution in [2.75, 3.05) is 12.3 Å². The molecule has 138 valence electrons. The van der Waals surface area contributed by atoms with Crippen LogP contribution in [-0.2, 0) is 18.3 Å². The Morgan fingerprint density at radius 1 is 1.23 bits per heavy atom. The molecule has 0 spiro atoms. The van der Waals surface area contributed by atoms with E-state index in [0.717, 1.165) is 9.13 Å². The zero-order chi connectivity index (χ0) is 19.4. The molecule has 9 heteroatoms. The molecule has 2 N–H and O–H groups in total. The minimum Gasteiger partial charge on any atom is -0.454 e. The van der Waals surface area contributed by atoms with E-state index in [1.165, 1.54) is 7.05 Å². The molecule has 26 heavy (non-hydrogen) atoms. The Kier molecular flexibility index (Phi) is 6.35. The van der Waals surface area contributed by atoms with E-state index in [9.17, 15) is 19.2 Å². The zero-order valence-corrected chi connectivity index (χ0v) is 16.5. The van der Waals surface area contributed by atoms with Gasteiger partial charge in [0.15, 0.2) is 6.61 Å². The third-order valence-electron chi connectivity index (χ3n) is 3.74. The maximum atomic E-state index is 12.4. The molecule has 0 aliphatic carbocycles. The Labute approximate surface area is 162 Å². The van der Waals surface area contributed by atoms with Crippen LogP contribution in [-0.4, -0.2) is 27.5 Å². The molecular weight excluding hydrogens is 453 g/mol. The number of ketones is 1. The van der Waals surface area contributed by atoms with Crippen LogP contribution < -0.4 is 17.0 Å². The number of nitrogen functional groups attached to an aromatic ring is 1. The molecule has 0 atom stereocenters. The highest BCUT2D eigenvalue weighted by atomic mass is 127. The first kappa shape index (κ1) is 19.9. The van der Waals surface area contributed by atoms with Crippen molar-refractivity contribution in [3.63, 3.8) is 0 Å². The number of esters is 1. The van der Waals surface area contributed by atoms with Crippen LogP contribution in [0.5, 0.6) is 0 Å². The summed E-state index contributed by atoms with van der Waals surface area (Å²) in [6.45, 7) is 1.45. The van der Waals surface area contributed by atoms with Crippen molar-refractivity contribution < 1.29 is 14.3 Å². The van der Waals surface area contributed by atoms with Crippen LogP contribution in [0.2, 0.25) is 0 Å². The van der Waals surface area contributed by atoms with Gasteiger partial charge in [0.25, 0.3) is 5.56 Å². The van der Waals surface area contributed by atoms with Gasteiger partial charge in [0.2, 0.25) is 5.78 Å². The number of Topliss-reactive ketones (excluding diaryl/α,β-unsaturated/α-hetero) is 1. The summed E-state index contributed by atoms with van der Waals surface area (Å²) < 4.78 is 7.68. The van der Waals surface area contributed by atoms with Gasteiger partial charge >= 0.3 is 11.7 Å². The fourth-order valence-electron chi connectivity index (χ4n) is 2.39. The van der Waals surface area contributed by atoms with E-state index in [1.807, 2.05) is 29.5 Å². The van der Waals surface area contributed by atoms with Crippen molar-refractivity contribution in [1.29, 1.82) is 0 Å². The summed E-state index contributed by atoms with van der Waals surface area (Å²) in [5.41, 5.74) is 4.43. The lowest BCUT2D eigenvalue weighted by Crippen LogP contribution is -2.43. The monoisotopic (exact) mass is 471 g/mol. The van der Waals surface area contributed by atoms with E-state index < -0.39 is 29.6 Å². The summed E-state index contributed by atoms with van der Waals surface area (Å²) in [7, 11) is 1.27. The Bertz CT molecular complexity index is 977. The average molecular weight is 471 g/mol. The number of hydrogen-bond acceptors (Lipinski definition) is 6. The molecule has 0 saturated heterocycles. The molecule has 0 aliphatic rings. The summed E-state index contributed by atoms with van der Waals surface area (Å²) >= 11 is 1.98. The van der Waals surface area contributed by atoms with E-state index in [1.54, 1.807) is 24.3 Å². The molecule has 1 heterocycles. The van der Waals surface area contributed by atoms with Gasteiger partial charge in [-0.05, 0) is 41.1 Å². The second-order valence-corrected chi connectivity index (χ2v) is 6.70. The van der Waals surface area contributed by atoms with E-state index in [-0.39, 0.29) is 17.9 Å². The van der Waals surface area contributed by atoms with Crippen LogP contribution in [0.1, 0.15) is 34.1 Å². The van der Waals surface area contributed by atoms with Gasteiger partial charge in [-0.3, -0.25) is 18.7 Å². The summed E-state index contributed by atoms with van der Waals surface area (Å²) in [6.07, 6.45) is 0.595. The molecule has 0 bridgehead atoms. The fourth-order valence-corrected chi connectivity index (χ4v) is 3.00. The van der Waals surface area contributed by atoms with E-state index in [4.69, 9.17) is 10.5 Å². The van der Waals surface area contributed by atoms with Gasteiger partial charge in [-0.2, -0.15) is 0 Å². The molecule has 2 rings (SSSR count). The Morgan fingerprint density at radius 2 is 1.88 bits per heavy atom. The number of ether oxygens (including phenoxy) is 1. The summed E-state index contributed by atoms with van der Waals surface area (Å²) in [5, 5.41) is 0. The first-order valence-corrected chi connectivity index (χ1v) is 8.91. The molecule has 2 aromatic rings. The molecular formula is C17H18IN3O5. The number of carbonyl (C=O) groups excluding carboxylic acids is 2. The van der Waals surface area contributed by atoms with E-state index in [0.29, 0.717) is 15.6 Å². The molecule has 0 radical (unpaired) electrons. The topological polar surface area (TPSA) is 113 Å². The Balaban J connectivity index is 2.30.